The molecule has 1 aromatic carbocycles. The molecule has 112 valence electrons. The number of aromatic nitrogens is 3. The van der Waals surface area contributed by atoms with Gasteiger partial charge in [-0.05, 0) is 43.0 Å². The zero-order chi connectivity index (χ0) is 15.1. The summed E-state index contributed by atoms with van der Waals surface area (Å²) < 4.78 is 23.7. The van der Waals surface area contributed by atoms with E-state index in [0.29, 0.717) is 28.9 Å². The van der Waals surface area contributed by atoms with Crippen molar-refractivity contribution in [2.75, 3.05) is 0 Å². The summed E-state index contributed by atoms with van der Waals surface area (Å²) in [7, 11) is 0. The van der Waals surface area contributed by atoms with E-state index < -0.39 is 0 Å². The molecule has 5 nitrogen and oxygen atoms in total. The molecule has 0 N–H and O–H groups in total. The van der Waals surface area contributed by atoms with Gasteiger partial charge in [-0.25, -0.2) is 4.39 Å². The molecule has 1 aliphatic carbocycles. The Morgan fingerprint density at radius 3 is 2.77 bits per heavy atom. The number of hydrogen-bond donors (Lipinski definition) is 0. The summed E-state index contributed by atoms with van der Waals surface area (Å²) >= 11 is 0. The molecular weight excluding hydrogens is 285 g/mol. The van der Waals surface area contributed by atoms with Gasteiger partial charge < -0.3 is 9.05 Å². The Morgan fingerprint density at radius 1 is 1.14 bits per heavy atom. The number of nitrogens with zero attached hydrogens (tertiary/aromatic N) is 3. The fourth-order valence-electron chi connectivity index (χ4n) is 2.78. The molecule has 0 bridgehead atoms. The Balaban J connectivity index is 1.70. The van der Waals surface area contributed by atoms with E-state index in [9.17, 15) is 4.39 Å². The van der Waals surface area contributed by atoms with E-state index in [1.165, 1.54) is 12.1 Å². The molecule has 0 saturated heterocycles. The Bertz CT molecular complexity index is 807. The van der Waals surface area contributed by atoms with Crippen LogP contribution in [0, 0.1) is 11.7 Å². The monoisotopic (exact) mass is 299 g/mol. The Morgan fingerprint density at radius 2 is 1.95 bits per heavy atom. The fraction of sp³-hybridized carbons (Fsp3) is 0.312. The number of aryl methyl sites for hydroxylation is 1. The van der Waals surface area contributed by atoms with Crippen molar-refractivity contribution in [3.63, 3.8) is 0 Å². The molecule has 2 heterocycles. The summed E-state index contributed by atoms with van der Waals surface area (Å²) in [6, 6.07) is 5.96. The van der Waals surface area contributed by atoms with Crippen LogP contribution in [-0.2, 0) is 12.8 Å². The lowest BCUT2D eigenvalue weighted by molar-refractivity contribution is 0.355. The van der Waals surface area contributed by atoms with Crippen molar-refractivity contribution in [2.24, 2.45) is 5.92 Å². The van der Waals surface area contributed by atoms with Crippen LogP contribution in [0.3, 0.4) is 0 Å². The van der Waals surface area contributed by atoms with Crippen LogP contribution in [0.1, 0.15) is 24.7 Å². The van der Waals surface area contributed by atoms with E-state index in [1.807, 2.05) is 0 Å². The van der Waals surface area contributed by atoms with Crippen LogP contribution in [0.25, 0.3) is 23.0 Å². The van der Waals surface area contributed by atoms with Gasteiger partial charge in [0.05, 0.1) is 0 Å². The third kappa shape index (κ3) is 2.20. The Kier molecular flexibility index (Phi) is 3.03. The van der Waals surface area contributed by atoms with Gasteiger partial charge in [0, 0.05) is 17.5 Å². The molecule has 1 atom stereocenters. The molecule has 1 unspecified atom stereocenters. The molecule has 0 aliphatic heterocycles. The predicted octanol–water partition coefficient (Wildman–Crippen LogP) is 3.66. The van der Waals surface area contributed by atoms with E-state index in [2.05, 4.69) is 22.2 Å². The van der Waals surface area contributed by atoms with Crippen LogP contribution < -0.4 is 0 Å². The maximum atomic E-state index is 13.0. The van der Waals surface area contributed by atoms with Crippen LogP contribution >= 0.6 is 0 Å². The number of fused-ring (bicyclic) bond motifs is 1. The van der Waals surface area contributed by atoms with E-state index >= 15 is 0 Å². The minimum absolute atomic E-state index is 0.299. The van der Waals surface area contributed by atoms with Gasteiger partial charge in [-0.3, -0.25) is 0 Å². The average molecular weight is 299 g/mol. The maximum Gasteiger partial charge on any atom is 0.280 e. The molecule has 0 fully saturated rings. The SMILES string of the molecule is CC1CCc2onc(-c3nc(-c4ccc(F)cc4)no3)c2C1. The van der Waals surface area contributed by atoms with Gasteiger partial charge in [0.2, 0.25) is 5.82 Å². The van der Waals surface area contributed by atoms with Crippen molar-refractivity contribution in [3.05, 3.63) is 41.4 Å². The largest absolute Gasteiger partial charge is 0.360 e. The highest BCUT2D eigenvalue weighted by molar-refractivity contribution is 5.60. The van der Waals surface area contributed by atoms with Gasteiger partial charge in [0.15, 0.2) is 5.69 Å². The van der Waals surface area contributed by atoms with Crippen LogP contribution in [0.15, 0.2) is 33.3 Å². The highest BCUT2D eigenvalue weighted by atomic mass is 19.1. The number of rotatable bonds is 2. The van der Waals surface area contributed by atoms with Crippen LogP contribution in [0.4, 0.5) is 4.39 Å². The van der Waals surface area contributed by atoms with Gasteiger partial charge in [0.25, 0.3) is 5.89 Å². The zero-order valence-electron chi connectivity index (χ0n) is 12.0. The van der Waals surface area contributed by atoms with E-state index in [-0.39, 0.29) is 5.82 Å². The van der Waals surface area contributed by atoms with E-state index in [4.69, 9.17) is 9.05 Å². The van der Waals surface area contributed by atoms with Gasteiger partial charge in [-0.15, -0.1) is 0 Å². The summed E-state index contributed by atoms with van der Waals surface area (Å²) in [4.78, 5) is 4.36. The molecule has 0 spiro atoms. The first-order valence-corrected chi connectivity index (χ1v) is 7.28. The van der Waals surface area contributed by atoms with Crippen molar-refractivity contribution in [1.82, 2.24) is 15.3 Å². The van der Waals surface area contributed by atoms with Crippen LogP contribution in [0.5, 0.6) is 0 Å². The van der Waals surface area contributed by atoms with Crippen LogP contribution in [-0.4, -0.2) is 15.3 Å². The fourth-order valence-corrected chi connectivity index (χ4v) is 2.78. The van der Waals surface area contributed by atoms with Crippen molar-refractivity contribution in [1.29, 1.82) is 0 Å². The third-order valence-corrected chi connectivity index (χ3v) is 4.02. The summed E-state index contributed by atoms with van der Waals surface area (Å²) in [5, 5.41) is 8.04. The van der Waals surface area contributed by atoms with Gasteiger partial charge in [-0.1, -0.05) is 17.2 Å². The second-order valence-corrected chi connectivity index (χ2v) is 5.71. The smallest absolute Gasteiger partial charge is 0.280 e. The number of benzene rings is 1. The Labute approximate surface area is 126 Å². The molecule has 3 aromatic rings. The highest BCUT2D eigenvalue weighted by Gasteiger charge is 2.27. The average Bonchev–Trinajstić information content (AvgIpc) is 3.14. The molecule has 22 heavy (non-hydrogen) atoms. The minimum Gasteiger partial charge on any atom is -0.360 e. The molecule has 1 aliphatic rings. The topological polar surface area (TPSA) is 65.0 Å². The molecule has 0 amide bonds. The first-order valence-electron chi connectivity index (χ1n) is 7.28. The first kappa shape index (κ1) is 13.2. The van der Waals surface area contributed by atoms with Crippen LogP contribution in [0.2, 0.25) is 0 Å². The molecule has 0 radical (unpaired) electrons. The molecule has 4 rings (SSSR count). The summed E-state index contributed by atoms with van der Waals surface area (Å²) in [5.74, 6) is 1.96. The van der Waals surface area contributed by atoms with Gasteiger partial charge >= 0.3 is 0 Å². The lowest BCUT2D eigenvalue weighted by atomic mass is 9.88. The first-order chi connectivity index (χ1) is 10.7. The lowest BCUT2D eigenvalue weighted by Gasteiger charge is -2.15. The third-order valence-electron chi connectivity index (χ3n) is 4.02. The number of halogens is 1. The van der Waals surface area contributed by atoms with Crippen molar-refractivity contribution in [3.8, 4) is 23.0 Å². The second kappa shape index (κ2) is 5.05. The molecule has 2 aromatic heterocycles. The normalized spacial score (nSPS) is 17.5. The summed E-state index contributed by atoms with van der Waals surface area (Å²) in [5.41, 5.74) is 2.39. The summed E-state index contributed by atoms with van der Waals surface area (Å²) in [6.45, 7) is 2.21. The van der Waals surface area contributed by atoms with Crippen molar-refractivity contribution >= 4 is 0 Å². The van der Waals surface area contributed by atoms with E-state index in [0.717, 1.165) is 30.6 Å². The standard InChI is InChI=1S/C16H14FN3O2/c1-9-2-7-13-12(8-9)14(19-21-13)16-18-15(20-22-16)10-3-5-11(17)6-4-10/h3-6,9H,2,7-8H2,1H3. The van der Waals surface area contributed by atoms with Gasteiger partial charge in [0.1, 0.15) is 11.6 Å². The minimum atomic E-state index is -0.299. The van der Waals surface area contributed by atoms with Crippen molar-refractivity contribution in [2.45, 2.75) is 26.2 Å². The quantitative estimate of drug-likeness (QED) is 0.722. The molecule has 6 heteroatoms. The van der Waals surface area contributed by atoms with Crippen molar-refractivity contribution < 1.29 is 13.4 Å². The zero-order valence-corrected chi connectivity index (χ0v) is 12.0. The second-order valence-electron chi connectivity index (χ2n) is 5.71. The van der Waals surface area contributed by atoms with E-state index in [1.54, 1.807) is 12.1 Å². The summed E-state index contributed by atoms with van der Waals surface area (Å²) in [6.07, 6.45) is 2.90. The number of hydrogen-bond acceptors (Lipinski definition) is 5. The van der Waals surface area contributed by atoms with Gasteiger partial charge in [-0.2, -0.15) is 4.98 Å². The highest BCUT2D eigenvalue weighted by Crippen LogP contribution is 2.33. The Hall–Kier alpha value is -2.50. The predicted molar refractivity (Wildman–Crippen MR) is 76.4 cm³/mol. The lowest BCUT2D eigenvalue weighted by Crippen LogP contribution is -2.09. The molecule has 0 saturated carbocycles. The molecular formula is C16H14FN3O2. The maximum absolute atomic E-state index is 13.0.